The first-order chi connectivity index (χ1) is 9.15. The molecular weight excluding hydrogens is 246 g/mol. The Morgan fingerprint density at radius 1 is 1.00 bits per heavy atom. The molecule has 0 saturated carbocycles. The lowest BCUT2D eigenvalue weighted by molar-refractivity contribution is -0.0997. The summed E-state index contributed by atoms with van der Waals surface area (Å²) in [5.74, 6) is 1.45. The van der Waals surface area contributed by atoms with Gasteiger partial charge in [-0.3, -0.25) is 0 Å². The molecule has 1 aromatic rings. The van der Waals surface area contributed by atoms with E-state index in [1.807, 2.05) is 18.2 Å². The maximum Gasteiger partial charge on any atom is 0.169 e. The molecule has 0 fully saturated rings. The molecule has 0 unspecified atom stereocenters. The van der Waals surface area contributed by atoms with Crippen LogP contribution in [0.3, 0.4) is 0 Å². The fourth-order valence-corrected chi connectivity index (χ4v) is 1.78. The first-order valence-electron chi connectivity index (χ1n) is 6.17. The van der Waals surface area contributed by atoms with Crippen LogP contribution in [0, 0.1) is 0 Å². The van der Waals surface area contributed by atoms with Crippen LogP contribution in [0.1, 0.15) is 18.5 Å². The zero-order chi connectivity index (χ0) is 14.3. The van der Waals surface area contributed by atoms with Crippen LogP contribution in [0.4, 0.5) is 0 Å². The zero-order valence-corrected chi connectivity index (χ0v) is 12.2. The second kappa shape index (κ2) is 7.99. The van der Waals surface area contributed by atoms with Gasteiger partial charge >= 0.3 is 0 Å². The summed E-state index contributed by atoms with van der Waals surface area (Å²) in [6, 6.07) is 6.03. The van der Waals surface area contributed by atoms with E-state index < -0.39 is 0 Å². The van der Waals surface area contributed by atoms with Gasteiger partial charge in [0.1, 0.15) is 0 Å². The second-order valence-corrected chi connectivity index (χ2v) is 4.15. The van der Waals surface area contributed by atoms with Gasteiger partial charge < -0.3 is 24.3 Å². The minimum absolute atomic E-state index is 0.160. The van der Waals surface area contributed by atoms with E-state index in [1.165, 1.54) is 0 Å². The summed E-state index contributed by atoms with van der Waals surface area (Å²) in [6.07, 6.45) is -0.248. The minimum Gasteiger partial charge on any atom is -0.493 e. The molecule has 0 spiro atoms. The van der Waals surface area contributed by atoms with Crippen LogP contribution in [-0.4, -0.2) is 41.3 Å². The SMILES string of the molecule is COc1ccc([C@H](C)NCC(OC)OC)cc1OC. The van der Waals surface area contributed by atoms with Gasteiger partial charge in [0.25, 0.3) is 0 Å². The van der Waals surface area contributed by atoms with Crippen LogP contribution in [0.15, 0.2) is 18.2 Å². The third-order valence-electron chi connectivity index (χ3n) is 3.02. The Labute approximate surface area is 114 Å². The lowest BCUT2D eigenvalue weighted by Crippen LogP contribution is -2.31. The summed E-state index contributed by atoms with van der Waals surface area (Å²) in [5.41, 5.74) is 1.11. The van der Waals surface area contributed by atoms with Crippen LogP contribution < -0.4 is 14.8 Å². The summed E-state index contributed by atoms with van der Waals surface area (Å²) in [5, 5.41) is 3.34. The average Bonchev–Trinajstić information content (AvgIpc) is 2.47. The second-order valence-electron chi connectivity index (χ2n) is 4.15. The highest BCUT2D eigenvalue weighted by Crippen LogP contribution is 2.29. The van der Waals surface area contributed by atoms with Crippen molar-refractivity contribution in [1.82, 2.24) is 5.32 Å². The number of benzene rings is 1. The highest BCUT2D eigenvalue weighted by atomic mass is 16.7. The van der Waals surface area contributed by atoms with Crippen molar-refractivity contribution in [1.29, 1.82) is 0 Å². The van der Waals surface area contributed by atoms with Gasteiger partial charge in [0, 0.05) is 26.8 Å². The average molecular weight is 269 g/mol. The van der Waals surface area contributed by atoms with E-state index in [4.69, 9.17) is 18.9 Å². The summed E-state index contributed by atoms with van der Waals surface area (Å²) >= 11 is 0. The lowest BCUT2D eigenvalue weighted by Gasteiger charge is -2.19. The molecule has 1 atom stereocenters. The molecule has 0 radical (unpaired) electrons. The molecule has 0 aliphatic carbocycles. The highest BCUT2D eigenvalue weighted by Gasteiger charge is 2.12. The molecule has 0 bridgehead atoms. The normalized spacial score (nSPS) is 12.5. The number of hydrogen-bond donors (Lipinski definition) is 1. The summed E-state index contributed by atoms with van der Waals surface area (Å²) < 4.78 is 20.8. The molecule has 1 N–H and O–H groups in total. The van der Waals surface area contributed by atoms with E-state index in [-0.39, 0.29) is 12.3 Å². The van der Waals surface area contributed by atoms with Gasteiger partial charge in [0.15, 0.2) is 17.8 Å². The number of rotatable bonds is 8. The molecule has 19 heavy (non-hydrogen) atoms. The third kappa shape index (κ3) is 4.38. The van der Waals surface area contributed by atoms with E-state index in [9.17, 15) is 0 Å². The molecular formula is C14H23NO4. The van der Waals surface area contributed by atoms with E-state index in [0.717, 1.165) is 17.1 Å². The first-order valence-corrected chi connectivity index (χ1v) is 6.17. The van der Waals surface area contributed by atoms with Gasteiger partial charge in [-0.15, -0.1) is 0 Å². The molecule has 1 rings (SSSR count). The van der Waals surface area contributed by atoms with Crippen molar-refractivity contribution in [3.63, 3.8) is 0 Å². The molecule has 5 heteroatoms. The molecule has 0 aliphatic heterocycles. The number of methoxy groups -OCH3 is 4. The Hall–Kier alpha value is -1.30. The lowest BCUT2D eigenvalue weighted by atomic mass is 10.1. The Morgan fingerprint density at radius 2 is 1.63 bits per heavy atom. The minimum atomic E-state index is -0.248. The predicted octanol–water partition coefficient (Wildman–Crippen LogP) is 1.97. The standard InChI is InChI=1S/C14H23NO4/c1-10(15-9-14(18-4)19-5)11-6-7-12(16-2)13(8-11)17-3/h6-8,10,14-15H,9H2,1-5H3/t10-/m0/s1. The van der Waals surface area contributed by atoms with Gasteiger partial charge in [-0.25, -0.2) is 0 Å². The van der Waals surface area contributed by atoms with Crippen molar-refractivity contribution in [2.75, 3.05) is 35.0 Å². The van der Waals surface area contributed by atoms with Crippen molar-refractivity contribution in [2.45, 2.75) is 19.3 Å². The molecule has 1 aromatic carbocycles. The molecule has 0 amide bonds. The first kappa shape index (κ1) is 15.8. The quantitative estimate of drug-likeness (QED) is 0.731. The van der Waals surface area contributed by atoms with Crippen LogP contribution in [-0.2, 0) is 9.47 Å². The topological polar surface area (TPSA) is 49.0 Å². The van der Waals surface area contributed by atoms with Gasteiger partial charge in [-0.05, 0) is 24.6 Å². The summed E-state index contributed by atoms with van der Waals surface area (Å²) in [6.45, 7) is 2.69. The molecule has 0 heterocycles. The van der Waals surface area contributed by atoms with Crippen molar-refractivity contribution in [3.05, 3.63) is 23.8 Å². The Morgan fingerprint density at radius 3 is 2.16 bits per heavy atom. The molecule has 0 aromatic heterocycles. The van der Waals surface area contributed by atoms with E-state index in [0.29, 0.717) is 6.54 Å². The van der Waals surface area contributed by atoms with Crippen molar-refractivity contribution in [3.8, 4) is 11.5 Å². The van der Waals surface area contributed by atoms with Gasteiger partial charge in [-0.1, -0.05) is 6.07 Å². The monoisotopic (exact) mass is 269 g/mol. The van der Waals surface area contributed by atoms with Crippen molar-refractivity contribution >= 4 is 0 Å². The van der Waals surface area contributed by atoms with Crippen molar-refractivity contribution < 1.29 is 18.9 Å². The van der Waals surface area contributed by atoms with Gasteiger partial charge in [0.2, 0.25) is 0 Å². The van der Waals surface area contributed by atoms with Crippen molar-refractivity contribution in [2.24, 2.45) is 0 Å². The predicted molar refractivity (Wildman–Crippen MR) is 73.8 cm³/mol. The maximum atomic E-state index is 5.29. The molecule has 0 aliphatic rings. The smallest absolute Gasteiger partial charge is 0.169 e. The summed E-state index contributed by atoms with van der Waals surface area (Å²) in [4.78, 5) is 0. The van der Waals surface area contributed by atoms with E-state index in [2.05, 4.69) is 12.2 Å². The number of hydrogen-bond acceptors (Lipinski definition) is 5. The Kier molecular flexibility index (Phi) is 6.62. The number of ether oxygens (including phenoxy) is 4. The van der Waals surface area contributed by atoms with E-state index >= 15 is 0 Å². The van der Waals surface area contributed by atoms with Crippen LogP contribution in [0.5, 0.6) is 11.5 Å². The van der Waals surface area contributed by atoms with Gasteiger partial charge in [0.05, 0.1) is 14.2 Å². The maximum absolute atomic E-state index is 5.29. The zero-order valence-electron chi connectivity index (χ0n) is 12.2. The fourth-order valence-electron chi connectivity index (χ4n) is 1.78. The van der Waals surface area contributed by atoms with Gasteiger partial charge in [-0.2, -0.15) is 0 Å². The molecule has 108 valence electrons. The Bertz CT molecular complexity index is 380. The highest BCUT2D eigenvalue weighted by molar-refractivity contribution is 5.43. The Balaban J connectivity index is 2.68. The summed E-state index contributed by atoms with van der Waals surface area (Å²) in [7, 11) is 6.50. The molecule has 5 nitrogen and oxygen atoms in total. The largest absolute Gasteiger partial charge is 0.493 e. The third-order valence-corrected chi connectivity index (χ3v) is 3.02. The fraction of sp³-hybridized carbons (Fsp3) is 0.571. The number of nitrogens with one attached hydrogen (secondary N) is 1. The van der Waals surface area contributed by atoms with Crippen LogP contribution >= 0.6 is 0 Å². The van der Waals surface area contributed by atoms with Crippen LogP contribution in [0.25, 0.3) is 0 Å². The van der Waals surface area contributed by atoms with E-state index in [1.54, 1.807) is 28.4 Å². The van der Waals surface area contributed by atoms with Crippen LogP contribution in [0.2, 0.25) is 0 Å². The molecule has 0 saturated heterocycles.